The number of piperidine rings is 1. The van der Waals surface area contributed by atoms with Gasteiger partial charge in [0.15, 0.2) is 5.79 Å². The van der Waals surface area contributed by atoms with E-state index in [4.69, 9.17) is 9.47 Å². The number of ether oxygens (including phenoxy) is 2. The number of hydrogen-bond donors (Lipinski definition) is 0. The van der Waals surface area contributed by atoms with Crippen LogP contribution in [0.2, 0.25) is 0 Å². The smallest absolute Gasteiger partial charge is 0.273 e. The standard InChI is InChI=1S/C17H18N2O3S/c20-16(19-8-6-17(7-9-19)21-10-11-22-17)14-12-23-15(18-14)13-4-2-1-3-5-13/h1-5,12H,6-11H2. The number of benzene rings is 1. The highest BCUT2D eigenvalue weighted by molar-refractivity contribution is 7.13. The molecule has 1 amide bonds. The van der Waals surface area contributed by atoms with Crippen molar-refractivity contribution in [3.05, 3.63) is 41.4 Å². The summed E-state index contributed by atoms with van der Waals surface area (Å²) < 4.78 is 11.4. The van der Waals surface area contributed by atoms with Gasteiger partial charge in [0, 0.05) is 36.9 Å². The van der Waals surface area contributed by atoms with Crippen LogP contribution in [-0.4, -0.2) is 47.9 Å². The molecule has 0 radical (unpaired) electrons. The van der Waals surface area contributed by atoms with Crippen molar-refractivity contribution in [2.75, 3.05) is 26.3 Å². The van der Waals surface area contributed by atoms with E-state index in [1.54, 1.807) is 0 Å². The van der Waals surface area contributed by atoms with Gasteiger partial charge in [0.1, 0.15) is 10.7 Å². The van der Waals surface area contributed by atoms with Crippen LogP contribution in [0.5, 0.6) is 0 Å². The van der Waals surface area contributed by atoms with Crippen molar-refractivity contribution < 1.29 is 14.3 Å². The quantitative estimate of drug-likeness (QED) is 0.850. The van der Waals surface area contributed by atoms with Crippen LogP contribution in [0.4, 0.5) is 0 Å². The summed E-state index contributed by atoms with van der Waals surface area (Å²) in [6.45, 7) is 2.61. The van der Waals surface area contributed by atoms with E-state index in [-0.39, 0.29) is 5.91 Å². The third-order valence-electron chi connectivity index (χ3n) is 4.37. The molecule has 0 aliphatic carbocycles. The fraction of sp³-hybridized carbons (Fsp3) is 0.412. The first kappa shape index (κ1) is 14.8. The van der Waals surface area contributed by atoms with E-state index in [9.17, 15) is 4.79 Å². The van der Waals surface area contributed by atoms with Crippen molar-refractivity contribution in [2.24, 2.45) is 0 Å². The van der Waals surface area contributed by atoms with Gasteiger partial charge in [0.05, 0.1) is 13.2 Å². The second-order valence-electron chi connectivity index (χ2n) is 5.80. The lowest BCUT2D eigenvalue weighted by Crippen LogP contribution is -2.47. The van der Waals surface area contributed by atoms with Crippen molar-refractivity contribution >= 4 is 17.2 Å². The van der Waals surface area contributed by atoms with Crippen molar-refractivity contribution in [2.45, 2.75) is 18.6 Å². The van der Waals surface area contributed by atoms with Gasteiger partial charge in [-0.2, -0.15) is 0 Å². The molecule has 2 aliphatic heterocycles. The molecule has 0 unspecified atom stereocenters. The number of nitrogens with zero attached hydrogens (tertiary/aromatic N) is 2. The van der Waals surface area contributed by atoms with Crippen molar-refractivity contribution in [3.8, 4) is 10.6 Å². The normalized spacial score (nSPS) is 20.1. The zero-order valence-electron chi connectivity index (χ0n) is 12.7. The lowest BCUT2D eigenvalue weighted by atomic mass is 10.0. The van der Waals surface area contributed by atoms with E-state index in [1.165, 1.54) is 11.3 Å². The van der Waals surface area contributed by atoms with Crippen molar-refractivity contribution in [1.82, 2.24) is 9.88 Å². The monoisotopic (exact) mass is 330 g/mol. The molecule has 0 saturated carbocycles. The first-order chi connectivity index (χ1) is 11.3. The second-order valence-corrected chi connectivity index (χ2v) is 6.66. The first-order valence-corrected chi connectivity index (χ1v) is 8.72. The van der Waals surface area contributed by atoms with Gasteiger partial charge in [-0.25, -0.2) is 4.98 Å². The van der Waals surface area contributed by atoms with Gasteiger partial charge in [-0.05, 0) is 0 Å². The summed E-state index contributed by atoms with van der Waals surface area (Å²) in [7, 11) is 0. The fourth-order valence-electron chi connectivity index (χ4n) is 3.08. The van der Waals surface area contributed by atoms with Crippen LogP contribution >= 0.6 is 11.3 Å². The van der Waals surface area contributed by atoms with Crippen molar-refractivity contribution in [1.29, 1.82) is 0 Å². The van der Waals surface area contributed by atoms with Crippen LogP contribution in [-0.2, 0) is 9.47 Å². The molecule has 23 heavy (non-hydrogen) atoms. The van der Waals surface area contributed by atoms with E-state index >= 15 is 0 Å². The summed E-state index contributed by atoms with van der Waals surface area (Å²) in [5.74, 6) is -0.454. The average molecular weight is 330 g/mol. The van der Waals surface area contributed by atoms with E-state index in [1.807, 2.05) is 40.6 Å². The first-order valence-electron chi connectivity index (χ1n) is 7.84. The number of carbonyl (C=O) groups excluding carboxylic acids is 1. The summed E-state index contributed by atoms with van der Waals surface area (Å²) in [5.41, 5.74) is 1.57. The number of carbonyl (C=O) groups is 1. The maximum absolute atomic E-state index is 12.6. The summed E-state index contributed by atoms with van der Waals surface area (Å²) in [5, 5.41) is 2.72. The van der Waals surface area contributed by atoms with Crippen LogP contribution in [0, 0.1) is 0 Å². The number of thiazole rings is 1. The molecule has 0 bridgehead atoms. The molecular formula is C17H18N2O3S. The average Bonchev–Trinajstić information content (AvgIpc) is 3.26. The van der Waals surface area contributed by atoms with Crippen LogP contribution in [0.15, 0.2) is 35.7 Å². The predicted molar refractivity (Wildman–Crippen MR) is 87.3 cm³/mol. The molecule has 2 fully saturated rings. The Morgan fingerprint density at radius 3 is 2.52 bits per heavy atom. The van der Waals surface area contributed by atoms with Gasteiger partial charge in [-0.1, -0.05) is 30.3 Å². The Morgan fingerprint density at radius 1 is 1.13 bits per heavy atom. The van der Waals surface area contributed by atoms with Gasteiger partial charge >= 0.3 is 0 Å². The van der Waals surface area contributed by atoms with Crippen LogP contribution < -0.4 is 0 Å². The Hall–Kier alpha value is -1.76. The van der Waals surface area contributed by atoms with Gasteiger partial charge in [0.2, 0.25) is 0 Å². The summed E-state index contributed by atoms with van der Waals surface area (Å²) >= 11 is 1.51. The van der Waals surface area contributed by atoms with Crippen LogP contribution in [0.25, 0.3) is 10.6 Å². The van der Waals surface area contributed by atoms with Gasteiger partial charge in [0.25, 0.3) is 5.91 Å². The van der Waals surface area contributed by atoms with E-state index in [0.717, 1.165) is 23.4 Å². The van der Waals surface area contributed by atoms with Crippen LogP contribution in [0.1, 0.15) is 23.3 Å². The molecular weight excluding hydrogens is 312 g/mol. The highest BCUT2D eigenvalue weighted by Gasteiger charge is 2.41. The van der Waals surface area contributed by atoms with E-state index < -0.39 is 5.79 Å². The zero-order valence-corrected chi connectivity index (χ0v) is 13.6. The van der Waals surface area contributed by atoms with Crippen molar-refractivity contribution in [3.63, 3.8) is 0 Å². The van der Waals surface area contributed by atoms with Gasteiger partial charge < -0.3 is 14.4 Å². The number of amides is 1. The molecule has 4 rings (SSSR count). The Kier molecular flexibility index (Phi) is 3.88. The molecule has 0 atom stereocenters. The Bertz CT molecular complexity index is 685. The largest absolute Gasteiger partial charge is 0.347 e. The maximum atomic E-state index is 12.6. The minimum absolute atomic E-state index is 0.00345. The summed E-state index contributed by atoms with van der Waals surface area (Å²) in [6.07, 6.45) is 1.46. The van der Waals surface area contributed by atoms with Gasteiger partial charge in [-0.3, -0.25) is 4.79 Å². The molecule has 0 N–H and O–H groups in total. The second kappa shape index (κ2) is 6.03. The summed E-state index contributed by atoms with van der Waals surface area (Å²) in [4.78, 5) is 19.0. The SMILES string of the molecule is O=C(c1csc(-c2ccccc2)n1)N1CCC2(CC1)OCCO2. The number of aromatic nitrogens is 1. The molecule has 1 aromatic carbocycles. The topological polar surface area (TPSA) is 51.7 Å². The minimum atomic E-state index is -0.450. The zero-order chi connectivity index (χ0) is 15.7. The Morgan fingerprint density at radius 2 is 1.83 bits per heavy atom. The van der Waals surface area contributed by atoms with E-state index in [0.29, 0.717) is 32.0 Å². The van der Waals surface area contributed by atoms with E-state index in [2.05, 4.69) is 4.98 Å². The molecule has 2 aromatic rings. The Labute approximate surface area is 138 Å². The number of likely N-dealkylation sites (tertiary alicyclic amines) is 1. The fourth-order valence-corrected chi connectivity index (χ4v) is 3.88. The molecule has 3 heterocycles. The molecule has 2 saturated heterocycles. The van der Waals surface area contributed by atoms with Crippen LogP contribution in [0.3, 0.4) is 0 Å². The minimum Gasteiger partial charge on any atom is -0.347 e. The molecule has 5 nitrogen and oxygen atoms in total. The third-order valence-corrected chi connectivity index (χ3v) is 5.26. The lowest BCUT2D eigenvalue weighted by molar-refractivity contribution is -0.181. The molecule has 2 aliphatic rings. The lowest BCUT2D eigenvalue weighted by Gasteiger charge is -2.37. The number of hydrogen-bond acceptors (Lipinski definition) is 5. The van der Waals surface area contributed by atoms with Gasteiger partial charge in [-0.15, -0.1) is 11.3 Å². The molecule has 6 heteroatoms. The summed E-state index contributed by atoms with van der Waals surface area (Å²) in [6, 6.07) is 9.94. The maximum Gasteiger partial charge on any atom is 0.273 e. The predicted octanol–water partition coefficient (Wildman–Crippen LogP) is 2.79. The third kappa shape index (κ3) is 2.89. The molecule has 120 valence electrons. The highest BCUT2D eigenvalue weighted by atomic mass is 32.1. The number of rotatable bonds is 2. The molecule has 1 aromatic heterocycles. The Balaban J connectivity index is 1.45. The molecule has 1 spiro atoms. The highest BCUT2D eigenvalue weighted by Crippen LogP contribution is 2.32.